The van der Waals surface area contributed by atoms with E-state index in [-0.39, 0.29) is 23.1 Å². The highest BCUT2D eigenvalue weighted by molar-refractivity contribution is 5.94. The quantitative estimate of drug-likeness (QED) is 0.653. The molecule has 0 saturated heterocycles. The minimum atomic E-state index is -0.567. The number of rotatable bonds is 4. The van der Waals surface area contributed by atoms with Crippen LogP contribution < -0.4 is 4.90 Å². The summed E-state index contributed by atoms with van der Waals surface area (Å²) in [5.74, 6) is -0.312. The first-order valence-electron chi connectivity index (χ1n) is 5.54. The lowest BCUT2D eigenvalue weighted by Crippen LogP contribution is -2.30. The number of anilines is 1. The number of nitro benzene ring substituents is 1. The summed E-state index contributed by atoms with van der Waals surface area (Å²) in [6.07, 6.45) is 0. The zero-order chi connectivity index (χ0) is 13.9. The van der Waals surface area contributed by atoms with Crippen LogP contribution in [0.15, 0.2) is 18.2 Å². The molecule has 98 valence electrons. The summed E-state index contributed by atoms with van der Waals surface area (Å²) in [6, 6.07) is 4.34. The molecule has 6 nitrogen and oxygen atoms in total. The molecule has 1 rings (SSSR count). The summed E-state index contributed by atoms with van der Waals surface area (Å²) in [5.41, 5.74) is 0.491. The Morgan fingerprint density at radius 1 is 1.50 bits per heavy atom. The Morgan fingerprint density at radius 3 is 2.56 bits per heavy atom. The van der Waals surface area contributed by atoms with E-state index in [1.807, 2.05) is 0 Å². The average molecular weight is 252 g/mol. The van der Waals surface area contributed by atoms with E-state index in [0.29, 0.717) is 5.69 Å². The maximum atomic E-state index is 11.8. The van der Waals surface area contributed by atoms with Crippen LogP contribution in [0.2, 0.25) is 0 Å². The Morgan fingerprint density at radius 2 is 2.11 bits per heavy atom. The van der Waals surface area contributed by atoms with E-state index in [1.165, 1.54) is 17.0 Å². The second-order valence-corrected chi connectivity index (χ2v) is 4.28. The Kier molecular flexibility index (Phi) is 4.38. The standard InChI is InChI=1S/C12H16N2O4/c1-8(2)12(16)13(3)10-5-4-9(7-15)11(6-10)14(17)18/h4-6,8,15H,7H2,1-3H3. The minimum absolute atomic E-state index is 0.124. The number of hydrogen-bond acceptors (Lipinski definition) is 4. The number of nitro groups is 1. The molecule has 0 heterocycles. The number of aliphatic hydroxyl groups excluding tert-OH is 1. The highest BCUT2D eigenvalue weighted by Gasteiger charge is 2.19. The van der Waals surface area contributed by atoms with Crippen LogP contribution >= 0.6 is 0 Å². The third-order valence-electron chi connectivity index (χ3n) is 2.65. The molecule has 1 aromatic carbocycles. The molecule has 1 aromatic rings. The van der Waals surface area contributed by atoms with Gasteiger partial charge in [0.1, 0.15) is 0 Å². The Bertz CT molecular complexity index is 471. The fourth-order valence-electron chi connectivity index (χ4n) is 1.58. The Hall–Kier alpha value is -1.95. The van der Waals surface area contributed by atoms with Gasteiger partial charge in [-0.1, -0.05) is 13.8 Å². The molecule has 0 aliphatic rings. The van der Waals surface area contributed by atoms with Crippen molar-refractivity contribution in [2.24, 2.45) is 5.92 Å². The van der Waals surface area contributed by atoms with Crippen LogP contribution in [0.5, 0.6) is 0 Å². The number of benzene rings is 1. The predicted octanol–water partition coefficient (Wildman–Crippen LogP) is 1.71. The summed E-state index contributed by atoms with van der Waals surface area (Å²) in [4.78, 5) is 23.4. The van der Waals surface area contributed by atoms with Crippen LogP contribution in [-0.2, 0) is 11.4 Å². The van der Waals surface area contributed by atoms with Gasteiger partial charge in [-0.15, -0.1) is 0 Å². The molecule has 0 unspecified atom stereocenters. The molecule has 18 heavy (non-hydrogen) atoms. The summed E-state index contributed by atoms with van der Waals surface area (Å²) < 4.78 is 0. The number of amides is 1. The van der Waals surface area contributed by atoms with Crippen LogP contribution in [0.25, 0.3) is 0 Å². The smallest absolute Gasteiger partial charge is 0.276 e. The molecule has 0 atom stereocenters. The van der Waals surface area contributed by atoms with Crippen LogP contribution in [0, 0.1) is 16.0 Å². The van der Waals surface area contributed by atoms with E-state index in [0.717, 1.165) is 0 Å². The number of carbonyl (C=O) groups is 1. The lowest BCUT2D eigenvalue weighted by atomic mass is 10.1. The zero-order valence-corrected chi connectivity index (χ0v) is 10.6. The number of hydrogen-bond donors (Lipinski definition) is 1. The highest BCUT2D eigenvalue weighted by atomic mass is 16.6. The molecule has 0 aromatic heterocycles. The SMILES string of the molecule is CC(C)C(=O)N(C)c1ccc(CO)c([N+](=O)[O-])c1. The summed E-state index contributed by atoms with van der Waals surface area (Å²) in [7, 11) is 1.57. The van der Waals surface area contributed by atoms with Crippen molar-refractivity contribution in [1.82, 2.24) is 0 Å². The molecular formula is C12H16N2O4. The van der Waals surface area contributed by atoms with Gasteiger partial charge >= 0.3 is 0 Å². The van der Waals surface area contributed by atoms with Crippen molar-refractivity contribution in [3.05, 3.63) is 33.9 Å². The van der Waals surface area contributed by atoms with E-state index < -0.39 is 11.5 Å². The van der Waals surface area contributed by atoms with Gasteiger partial charge < -0.3 is 10.0 Å². The van der Waals surface area contributed by atoms with Gasteiger partial charge in [0.15, 0.2) is 0 Å². The largest absolute Gasteiger partial charge is 0.391 e. The third-order valence-corrected chi connectivity index (χ3v) is 2.65. The van der Waals surface area contributed by atoms with Crippen molar-refractivity contribution in [2.75, 3.05) is 11.9 Å². The van der Waals surface area contributed by atoms with Crippen molar-refractivity contribution in [3.63, 3.8) is 0 Å². The normalized spacial score (nSPS) is 10.5. The van der Waals surface area contributed by atoms with Gasteiger partial charge in [-0.05, 0) is 12.1 Å². The molecule has 0 spiro atoms. The zero-order valence-electron chi connectivity index (χ0n) is 10.6. The lowest BCUT2D eigenvalue weighted by Gasteiger charge is -2.19. The van der Waals surface area contributed by atoms with Crippen molar-refractivity contribution in [1.29, 1.82) is 0 Å². The predicted molar refractivity (Wildman–Crippen MR) is 67.3 cm³/mol. The van der Waals surface area contributed by atoms with E-state index >= 15 is 0 Å². The number of aliphatic hydroxyl groups is 1. The van der Waals surface area contributed by atoms with Gasteiger partial charge in [-0.2, -0.15) is 0 Å². The van der Waals surface area contributed by atoms with Crippen LogP contribution in [-0.4, -0.2) is 23.0 Å². The Labute approximate surface area is 105 Å². The van der Waals surface area contributed by atoms with Gasteiger partial charge in [0.05, 0.1) is 22.8 Å². The molecule has 1 amide bonds. The molecule has 0 bridgehead atoms. The van der Waals surface area contributed by atoms with Gasteiger partial charge in [0.2, 0.25) is 5.91 Å². The molecule has 0 saturated carbocycles. The second kappa shape index (κ2) is 5.59. The molecule has 1 N–H and O–H groups in total. The van der Waals surface area contributed by atoms with Crippen molar-refractivity contribution >= 4 is 17.3 Å². The third kappa shape index (κ3) is 2.84. The first-order valence-corrected chi connectivity index (χ1v) is 5.54. The summed E-state index contributed by atoms with van der Waals surface area (Å²) in [5, 5.41) is 19.9. The topological polar surface area (TPSA) is 83.7 Å². The van der Waals surface area contributed by atoms with E-state index in [2.05, 4.69) is 0 Å². The van der Waals surface area contributed by atoms with Crippen molar-refractivity contribution in [3.8, 4) is 0 Å². The lowest BCUT2D eigenvalue weighted by molar-refractivity contribution is -0.385. The Balaban J connectivity index is 3.16. The second-order valence-electron chi connectivity index (χ2n) is 4.28. The molecule has 6 heteroatoms. The fourth-order valence-corrected chi connectivity index (χ4v) is 1.58. The first kappa shape index (κ1) is 14.1. The summed E-state index contributed by atoms with van der Waals surface area (Å²) >= 11 is 0. The summed E-state index contributed by atoms with van der Waals surface area (Å²) in [6.45, 7) is 3.11. The highest BCUT2D eigenvalue weighted by Crippen LogP contribution is 2.25. The number of carbonyl (C=O) groups excluding carboxylic acids is 1. The van der Waals surface area contributed by atoms with Gasteiger partial charge in [0, 0.05) is 19.0 Å². The van der Waals surface area contributed by atoms with Gasteiger partial charge in [0.25, 0.3) is 5.69 Å². The maximum Gasteiger partial charge on any atom is 0.276 e. The number of nitrogens with zero attached hydrogens (tertiary/aromatic N) is 2. The van der Waals surface area contributed by atoms with Gasteiger partial charge in [-0.3, -0.25) is 14.9 Å². The minimum Gasteiger partial charge on any atom is -0.391 e. The van der Waals surface area contributed by atoms with Crippen LogP contribution in [0.3, 0.4) is 0 Å². The molecule has 0 aliphatic heterocycles. The monoisotopic (exact) mass is 252 g/mol. The molecular weight excluding hydrogens is 236 g/mol. The molecule has 0 radical (unpaired) electrons. The van der Waals surface area contributed by atoms with Crippen molar-refractivity contribution < 1.29 is 14.8 Å². The van der Waals surface area contributed by atoms with E-state index in [1.54, 1.807) is 27.0 Å². The van der Waals surface area contributed by atoms with Crippen LogP contribution in [0.1, 0.15) is 19.4 Å². The molecule has 0 aliphatic carbocycles. The van der Waals surface area contributed by atoms with E-state index in [4.69, 9.17) is 5.11 Å². The fraction of sp³-hybridized carbons (Fsp3) is 0.417. The molecule has 0 fully saturated rings. The maximum absolute atomic E-state index is 11.8. The van der Waals surface area contributed by atoms with E-state index in [9.17, 15) is 14.9 Å². The van der Waals surface area contributed by atoms with Gasteiger partial charge in [-0.25, -0.2) is 0 Å². The first-order chi connectivity index (χ1) is 8.38. The van der Waals surface area contributed by atoms with Crippen LogP contribution in [0.4, 0.5) is 11.4 Å². The van der Waals surface area contributed by atoms with Crippen molar-refractivity contribution in [2.45, 2.75) is 20.5 Å². The average Bonchev–Trinajstić information content (AvgIpc) is 2.35.